The molecule has 0 aromatic carbocycles. The van der Waals surface area contributed by atoms with Crippen molar-refractivity contribution in [1.82, 2.24) is 4.90 Å². The van der Waals surface area contributed by atoms with E-state index in [0.29, 0.717) is 12.8 Å². The number of amides is 1. The zero-order valence-electron chi connectivity index (χ0n) is 13.1. The van der Waals surface area contributed by atoms with Gasteiger partial charge in [0.1, 0.15) is 0 Å². The lowest BCUT2D eigenvalue weighted by atomic mass is 9.77. The minimum absolute atomic E-state index is 0.0183. The standard InChI is InChI=1S/C14H26N2O3S2/c1-4-6-14(7-5-2,12(15)20)13(17)16-8-9-21(18,19)10-11(16)3/h11H,4-10H2,1-3H3,(H2,15,20). The van der Waals surface area contributed by atoms with E-state index in [1.54, 1.807) is 11.8 Å². The Morgan fingerprint density at radius 2 is 1.86 bits per heavy atom. The van der Waals surface area contributed by atoms with E-state index in [-0.39, 0.29) is 35.0 Å². The van der Waals surface area contributed by atoms with Crippen LogP contribution in [0.3, 0.4) is 0 Å². The van der Waals surface area contributed by atoms with Crippen molar-refractivity contribution in [2.75, 3.05) is 18.1 Å². The lowest BCUT2D eigenvalue weighted by molar-refractivity contribution is -0.140. The van der Waals surface area contributed by atoms with Crippen LogP contribution < -0.4 is 5.73 Å². The fourth-order valence-electron chi connectivity index (χ4n) is 3.12. The summed E-state index contributed by atoms with van der Waals surface area (Å²) in [5.74, 6) is -0.0554. The Hall–Kier alpha value is -0.690. The van der Waals surface area contributed by atoms with Crippen LogP contribution in [0.2, 0.25) is 0 Å². The lowest BCUT2D eigenvalue weighted by Gasteiger charge is -2.41. The number of carbonyl (C=O) groups is 1. The predicted molar refractivity (Wildman–Crippen MR) is 88.9 cm³/mol. The highest BCUT2D eigenvalue weighted by Crippen LogP contribution is 2.34. The third kappa shape index (κ3) is 3.94. The average Bonchev–Trinajstić information content (AvgIpc) is 2.36. The highest BCUT2D eigenvalue weighted by Gasteiger charge is 2.45. The first-order valence-corrected chi connectivity index (χ1v) is 9.74. The number of nitrogens with two attached hydrogens (primary N) is 1. The van der Waals surface area contributed by atoms with Crippen molar-refractivity contribution in [2.45, 2.75) is 52.5 Å². The summed E-state index contributed by atoms with van der Waals surface area (Å²) in [5.41, 5.74) is 5.09. The second-order valence-corrected chi connectivity index (χ2v) is 8.58. The molecular weight excluding hydrogens is 308 g/mol. The summed E-state index contributed by atoms with van der Waals surface area (Å²) in [6.07, 6.45) is 2.85. The summed E-state index contributed by atoms with van der Waals surface area (Å²) in [6.45, 7) is 6.01. The first kappa shape index (κ1) is 18.4. The van der Waals surface area contributed by atoms with Gasteiger partial charge in [-0.05, 0) is 19.8 Å². The maximum Gasteiger partial charge on any atom is 0.235 e. The van der Waals surface area contributed by atoms with E-state index in [2.05, 4.69) is 0 Å². The molecule has 1 heterocycles. The third-order valence-corrected chi connectivity index (χ3v) is 6.35. The Balaban J connectivity index is 3.08. The van der Waals surface area contributed by atoms with Gasteiger partial charge < -0.3 is 10.6 Å². The highest BCUT2D eigenvalue weighted by molar-refractivity contribution is 7.91. The van der Waals surface area contributed by atoms with Crippen LogP contribution >= 0.6 is 12.2 Å². The molecule has 0 saturated carbocycles. The molecule has 0 aromatic rings. The highest BCUT2D eigenvalue weighted by atomic mass is 32.2. The average molecular weight is 335 g/mol. The quantitative estimate of drug-likeness (QED) is 0.745. The normalized spacial score (nSPS) is 22.0. The van der Waals surface area contributed by atoms with E-state index in [4.69, 9.17) is 18.0 Å². The zero-order chi connectivity index (χ0) is 16.3. The van der Waals surface area contributed by atoms with Gasteiger partial charge in [-0.1, -0.05) is 38.9 Å². The summed E-state index contributed by atoms with van der Waals surface area (Å²) in [6, 6.07) is -0.321. The van der Waals surface area contributed by atoms with E-state index >= 15 is 0 Å². The van der Waals surface area contributed by atoms with Crippen molar-refractivity contribution < 1.29 is 13.2 Å². The molecule has 1 unspecified atom stereocenters. The van der Waals surface area contributed by atoms with Gasteiger partial charge in [0.15, 0.2) is 9.84 Å². The predicted octanol–water partition coefficient (Wildman–Crippen LogP) is 1.50. The van der Waals surface area contributed by atoms with Crippen LogP contribution in [0, 0.1) is 5.41 Å². The zero-order valence-corrected chi connectivity index (χ0v) is 14.7. The van der Waals surface area contributed by atoms with Crippen molar-refractivity contribution >= 4 is 33.0 Å². The smallest absolute Gasteiger partial charge is 0.235 e. The molecule has 0 spiro atoms. The Morgan fingerprint density at radius 3 is 2.24 bits per heavy atom. The van der Waals surface area contributed by atoms with Crippen LogP contribution in [0.4, 0.5) is 0 Å². The van der Waals surface area contributed by atoms with Gasteiger partial charge in [-0.25, -0.2) is 8.42 Å². The first-order valence-electron chi connectivity index (χ1n) is 7.51. The summed E-state index contributed by atoms with van der Waals surface area (Å²) in [7, 11) is -3.05. The van der Waals surface area contributed by atoms with E-state index in [9.17, 15) is 13.2 Å². The van der Waals surface area contributed by atoms with E-state index in [1.165, 1.54) is 0 Å². The summed E-state index contributed by atoms with van der Waals surface area (Å²) >= 11 is 5.20. The molecule has 1 aliphatic heterocycles. The topological polar surface area (TPSA) is 80.5 Å². The van der Waals surface area contributed by atoms with Crippen molar-refractivity contribution in [2.24, 2.45) is 11.1 Å². The van der Waals surface area contributed by atoms with Crippen LogP contribution in [-0.2, 0) is 14.6 Å². The fraction of sp³-hybridized carbons (Fsp3) is 0.857. The summed E-state index contributed by atoms with van der Waals surface area (Å²) < 4.78 is 23.4. The molecule has 1 saturated heterocycles. The minimum atomic E-state index is -3.05. The molecular formula is C14H26N2O3S2. The number of nitrogens with zero attached hydrogens (tertiary/aromatic N) is 1. The van der Waals surface area contributed by atoms with Gasteiger partial charge in [0.05, 0.1) is 21.9 Å². The number of hydrogen-bond acceptors (Lipinski definition) is 4. The molecule has 0 bridgehead atoms. The lowest BCUT2D eigenvalue weighted by Crippen LogP contribution is -2.57. The van der Waals surface area contributed by atoms with Crippen molar-refractivity contribution in [3.05, 3.63) is 0 Å². The maximum absolute atomic E-state index is 13.0. The second-order valence-electron chi connectivity index (χ2n) is 5.91. The van der Waals surface area contributed by atoms with Gasteiger partial charge in [-0.3, -0.25) is 4.79 Å². The van der Waals surface area contributed by atoms with Crippen LogP contribution in [-0.4, -0.2) is 48.3 Å². The van der Waals surface area contributed by atoms with Crippen LogP contribution in [0.5, 0.6) is 0 Å². The number of sulfone groups is 1. The molecule has 1 atom stereocenters. The van der Waals surface area contributed by atoms with Crippen LogP contribution in [0.15, 0.2) is 0 Å². The summed E-state index contributed by atoms with van der Waals surface area (Å²) in [5, 5.41) is 0. The Morgan fingerprint density at radius 1 is 1.33 bits per heavy atom. The molecule has 7 heteroatoms. The molecule has 1 rings (SSSR count). The molecule has 1 amide bonds. The number of hydrogen-bond donors (Lipinski definition) is 1. The van der Waals surface area contributed by atoms with Gasteiger partial charge in [-0.2, -0.15) is 0 Å². The number of rotatable bonds is 6. The number of thiocarbonyl (C=S) groups is 1. The molecule has 2 N–H and O–H groups in total. The summed E-state index contributed by atoms with van der Waals surface area (Å²) in [4.78, 5) is 14.9. The molecule has 1 fully saturated rings. The molecule has 21 heavy (non-hydrogen) atoms. The fourth-order valence-corrected chi connectivity index (χ4v) is 4.97. The second kappa shape index (κ2) is 7.05. The van der Waals surface area contributed by atoms with E-state index in [0.717, 1.165) is 12.8 Å². The van der Waals surface area contributed by atoms with Gasteiger partial charge in [0.2, 0.25) is 5.91 Å². The maximum atomic E-state index is 13.0. The van der Waals surface area contributed by atoms with Gasteiger partial charge in [-0.15, -0.1) is 0 Å². The monoisotopic (exact) mass is 334 g/mol. The molecule has 0 aromatic heterocycles. The Bertz CT molecular complexity index is 496. The SMILES string of the molecule is CCCC(CCC)(C(=O)N1CCS(=O)(=O)CC1C)C(N)=S. The van der Waals surface area contributed by atoms with Gasteiger partial charge >= 0.3 is 0 Å². The number of carbonyl (C=O) groups excluding carboxylic acids is 1. The van der Waals surface area contributed by atoms with E-state index in [1.807, 2.05) is 13.8 Å². The molecule has 0 radical (unpaired) electrons. The van der Waals surface area contributed by atoms with Crippen molar-refractivity contribution in [1.29, 1.82) is 0 Å². The Kier molecular flexibility index (Phi) is 6.16. The molecule has 0 aliphatic carbocycles. The largest absolute Gasteiger partial charge is 0.392 e. The Labute approximate surface area is 133 Å². The minimum Gasteiger partial charge on any atom is -0.392 e. The third-order valence-electron chi connectivity index (χ3n) is 4.17. The van der Waals surface area contributed by atoms with Crippen molar-refractivity contribution in [3.63, 3.8) is 0 Å². The molecule has 5 nitrogen and oxygen atoms in total. The van der Waals surface area contributed by atoms with Crippen LogP contribution in [0.1, 0.15) is 46.5 Å². The molecule has 122 valence electrons. The van der Waals surface area contributed by atoms with E-state index < -0.39 is 15.3 Å². The molecule has 1 aliphatic rings. The van der Waals surface area contributed by atoms with Crippen molar-refractivity contribution in [3.8, 4) is 0 Å². The van der Waals surface area contributed by atoms with Crippen LogP contribution in [0.25, 0.3) is 0 Å². The first-order chi connectivity index (χ1) is 9.70. The van der Waals surface area contributed by atoms with Gasteiger partial charge in [0.25, 0.3) is 0 Å². The van der Waals surface area contributed by atoms with Gasteiger partial charge in [0, 0.05) is 12.6 Å².